The lowest BCUT2D eigenvalue weighted by Gasteiger charge is -2.09. The van der Waals surface area contributed by atoms with E-state index in [1.807, 2.05) is 0 Å². The second-order valence-electron chi connectivity index (χ2n) is 4.40. The fourth-order valence-electron chi connectivity index (χ4n) is 1.74. The van der Waals surface area contributed by atoms with Crippen LogP contribution in [0, 0.1) is 10.1 Å². The van der Waals surface area contributed by atoms with Gasteiger partial charge in [-0.05, 0) is 13.0 Å². The van der Waals surface area contributed by atoms with Crippen LogP contribution in [0.15, 0.2) is 23.1 Å². The molecular formula is C10H11NO6S. The van der Waals surface area contributed by atoms with Gasteiger partial charge in [-0.15, -0.1) is 0 Å². The molecule has 2 rings (SSSR count). The Morgan fingerprint density at radius 3 is 2.61 bits per heavy atom. The maximum absolute atomic E-state index is 11.2. The van der Waals surface area contributed by atoms with Gasteiger partial charge in [0.05, 0.1) is 22.7 Å². The molecule has 1 aromatic rings. The van der Waals surface area contributed by atoms with Gasteiger partial charge in [0.1, 0.15) is 4.90 Å². The van der Waals surface area contributed by atoms with E-state index >= 15 is 0 Å². The number of nitrogens with zero attached hydrogens (tertiary/aromatic N) is 1. The molecule has 1 saturated heterocycles. The van der Waals surface area contributed by atoms with E-state index in [1.165, 1.54) is 12.1 Å². The van der Waals surface area contributed by atoms with Crippen LogP contribution < -0.4 is 0 Å². The zero-order chi connectivity index (χ0) is 13.6. The van der Waals surface area contributed by atoms with E-state index in [9.17, 15) is 18.5 Å². The van der Waals surface area contributed by atoms with Gasteiger partial charge in [0.25, 0.3) is 15.8 Å². The average Bonchev–Trinajstić information content (AvgIpc) is 2.94. The first-order chi connectivity index (χ1) is 8.23. The number of nitro groups is 1. The SMILES string of the molecule is C[C@]1(Cc2c([N+](=O)[O-])cccc2S(=O)(=O)O)CO1. The maximum atomic E-state index is 11.2. The standard InChI is InChI=1S/C10H11NO6S/c1-10(6-17-10)5-7-8(11(12)13)3-2-4-9(7)18(14,15)16/h2-4H,5-6H2,1H3,(H,14,15,16)/t10-/m0/s1. The molecule has 18 heavy (non-hydrogen) atoms. The van der Waals surface area contributed by atoms with E-state index in [0.717, 1.165) is 6.07 Å². The van der Waals surface area contributed by atoms with E-state index in [2.05, 4.69) is 0 Å². The predicted octanol–water partition coefficient (Wildman–Crippen LogP) is 1.17. The van der Waals surface area contributed by atoms with Gasteiger partial charge in [-0.3, -0.25) is 14.7 Å². The summed E-state index contributed by atoms with van der Waals surface area (Å²) in [4.78, 5) is 9.79. The highest BCUT2D eigenvalue weighted by atomic mass is 32.2. The Balaban J connectivity index is 2.59. The van der Waals surface area contributed by atoms with Gasteiger partial charge in [0, 0.05) is 12.5 Å². The highest BCUT2D eigenvalue weighted by Crippen LogP contribution is 2.36. The molecule has 0 unspecified atom stereocenters. The van der Waals surface area contributed by atoms with Gasteiger partial charge in [-0.25, -0.2) is 0 Å². The molecule has 1 atom stereocenters. The zero-order valence-electron chi connectivity index (χ0n) is 9.49. The molecule has 0 aliphatic carbocycles. The molecule has 1 aliphatic rings. The van der Waals surface area contributed by atoms with E-state index < -0.39 is 25.5 Å². The number of hydrogen-bond acceptors (Lipinski definition) is 5. The van der Waals surface area contributed by atoms with E-state index in [1.54, 1.807) is 6.92 Å². The third-order valence-electron chi connectivity index (χ3n) is 2.77. The van der Waals surface area contributed by atoms with Gasteiger partial charge >= 0.3 is 0 Å². The predicted molar refractivity (Wildman–Crippen MR) is 61.0 cm³/mol. The lowest BCUT2D eigenvalue weighted by Crippen LogP contribution is -2.14. The summed E-state index contributed by atoms with van der Waals surface area (Å²) < 4.78 is 36.7. The Morgan fingerprint density at radius 2 is 2.17 bits per heavy atom. The summed E-state index contributed by atoms with van der Waals surface area (Å²) >= 11 is 0. The largest absolute Gasteiger partial charge is 0.370 e. The van der Waals surface area contributed by atoms with Crippen molar-refractivity contribution in [3.63, 3.8) is 0 Å². The molecule has 0 radical (unpaired) electrons. The maximum Gasteiger partial charge on any atom is 0.295 e. The lowest BCUT2D eigenvalue weighted by molar-refractivity contribution is -0.385. The Labute approximate surface area is 103 Å². The van der Waals surface area contributed by atoms with Crippen molar-refractivity contribution >= 4 is 15.8 Å². The Kier molecular flexibility index (Phi) is 2.88. The first-order valence-electron chi connectivity index (χ1n) is 5.11. The molecule has 0 amide bonds. The molecule has 0 bridgehead atoms. The van der Waals surface area contributed by atoms with Crippen LogP contribution in [0.3, 0.4) is 0 Å². The van der Waals surface area contributed by atoms with Crippen molar-refractivity contribution < 1.29 is 22.6 Å². The molecule has 7 nitrogen and oxygen atoms in total. The van der Waals surface area contributed by atoms with Gasteiger partial charge < -0.3 is 4.74 Å². The van der Waals surface area contributed by atoms with Crippen molar-refractivity contribution in [2.24, 2.45) is 0 Å². The number of benzene rings is 1. The number of nitro benzene ring substituents is 1. The Bertz CT molecular complexity index is 605. The van der Waals surface area contributed by atoms with Crippen LogP contribution >= 0.6 is 0 Å². The topological polar surface area (TPSA) is 110 Å². The van der Waals surface area contributed by atoms with Gasteiger partial charge in [-0.2, -0.15) is 8.42 Å². The summed E-state index contributed by atoms with van der Waals surface area (Å²) in [5.74, 6) is 0. The first kappa shape index (κ1) is 12.9. The highest BCUT2D eigenvalue weighted by Gasteiger charge is 2.42. The minimum atomic E-state index is -4.49. The lowest BCUT2D eigenvalue weighted by atomic mass is 10.0. The van der Waals surface area contributed by atoms with Crippen LogP contribution in [0.5, 0.6) is 0 Å². The number of ether oxygens (including phenoxy) is 1. The van der Waals surface area contributed by atoms with Crippen LogP contribution in [-0.4, -0.2) is 30.1 Å². The number of epoxide rings is 1. The van der Waals surface area contributed by atoms with Crippen LogP contribution in [-0.2, 0) is 21.3 Å². The molecule has 1 N–H and O–H groups in total. The van der Waals surface area contributed by atoms with Crippen LogP contribution in [0.25, 0.3) is 0 Å². The minimum absolute atomic E-state index is 0.0231. The van der Waals surface area contributed by atoms with Crippen LogP contribution in [0.4, 0.5) is 5.69 Å². The molecule has 1 aliphatic heterocycles. The van der Waals surface area contributed by atoms with Crippen molar-refractivity contribution in [1.82, 2.24) is 0 Å². The van der Waals surface area contributed by atoms with Gasteiger partial charge in [0.2, 0.25) is 0 Å². The second kappa shape index (κ2) is 4.01. The van der Waals surface area contributed by atoms with Crippen LogP contribution in [0.1, 0.15) is 12.5 Å². The fraction of sp³-hybridized carbons (Fsp3) is 0.400. The summed E-state index contributed by atoms with van der Waals surface area (Å²) in [5, 5.41) is 10.9. The second-order valence-corrected chi connectivity index (χ2v) is 5.79. The fourth-order valence-corrected chi connectivity index (χ4v) is 2.48. The van der Waals surface area contributed by atoms with E-state index in [4.69, 9.17) is 9.29 Å². The monoisotopic (exact) mass is 273 g/mol. The number of rotatable bonds is 4. The van der Waals surface area contributed by atoms with Gasteiger partial charge in [0.15, 0.2) is 0 Å². The van der Waals surface area contributed by atoms with Gasteiger partial charge in [-0.1, -0.05) is 6.07 Å². The summed E-state index contributed by atoms with van der Waals surface area (Å²) in [6.45, 7) is 2.13. The minimum Gasteiger partial charge on any atom is -0.370 e. The van der Waals surface area contributed by atoms with E-state index in [-0.39, 0.29) is 17.7 Å². The Morgan fingerprint density at radius 1 is 1.56 bits per heavy atom. The Hall–Kier alpha value is -1.51. The molecule has 98 valence electrons. The summed E-state index contributed by atoms with van der Waals surface area (Å²) in [7, 11) is -4.49. The molecule has 0 saturated carbocycles. The molecule has 1 heterocycles. The zero-order valence-corrected chi connectivity index (χ0v) is 10.3. The molecule has 1 fully saturated rings. The highest BCUT2D eigenvalue weighted by molar-refractivity contribution is 7.85. The molecular weight excluding hydrogens is 262 g/mol. The van der Waals surface area contributed by atoms with Crippen molar-refractivity contribution in [1.29, 1.82) is 0 Å². The summed E-state index contributed by atoms with van der Waals surface area (Å²) in [5.41, 5.74) is -0.946. The first-order valence-corrected chi connectivity index (χ1v) is 6.55. The quantitative estimate of drug-likeness (QED) is 0.381. The van der Waals surface area contributed by atoms with Crippen molar-refractivity contribution in [2.45, 2.75) is 23.8 Å². The smallest absolute Gasteiger partial charge is 0.295 e. The average molecular weight is 273 g/mol. The molecule has 0 spiro atoms. The third kappa shape index (κ3) is 2.50. The molecule has 1 aromatic carbocycles. The molecule has 0 aromatic heterocycles. The number of hydrogen-bond donors (Lipinski definition) is 1. The summed E-state index contributed by atoms with van der Waals surface area (Å²) in [6.07, 6.45) is 0.0687. The normalized spacial score (nSPS) is 22.8. The summed E-state index contributed by atoms with van der Waals surface area (Å²) in [6, 6.07) is 3.57. The van der Waals surface area contributed by atoms with Crippen molar-refractivity contribution in [3.05, 3.63) is 33.9 Å². The third-order valence-corrected chi connectivity index (χ3v) is 3.71. The van der Waals surface area contributed by atoms with Crippen molar-refractivity contribution in [2.75, 3.05) is 6.61 Å². The van der Waals surface area contributed by atoms with E-state index in [0.29, 0.717) is 6.61 Å². The van der Waals surface area contributed by atoms with Crippen LogP contribution in [0.2, 0.25) is 0 Å². The molecule has 8 heteroatoms. The van der Waals surface area contributed by atoms with Crippen molar-refractivity contribution in [3.8, 4) is 0 Å².